The number of thiazole rings is 2. The lowest BCUT2D eigenvalue weighted by atomic mass is 10.3. The van der Waals surface area contributed by atoms with Gasteiger partial charge < -0.3 is 0 Å². The van der Waals surface area contributed by atoms with Crippen LogP contribution in [0.4, 0.5) is 9.52 Å². The lowest BCUT2D eigenvalue weighted by molar-refractivity contribution is 0.101. The number of aryl methyl sites for hydroxylation is 1. The van der Waals surface area contributed by atoms with E-state index in [4.69, 9.17) is 0 Å². The van der Waals surface area contributed by atoms with Crippen LogP contribution in [0.2, 0.25) is 0 Å². The van der Waals surface area contributed by atoms with Gasteiger partial charge in [-0.3, -0.25) is 14.8 Å². The molecule has 1 N–H and O–H groups in total. The standard InChI is InChI=1S/C16H11FN6OS2/c1-23-11(7-10(22-23)15-19-5-6-25-15)12-8-20-16(26-12)21-14(24)13-9(17)3-2-4-18-13/h2-8H,1H3,(H,20,21,24). The Morgan fingerprint density at radius 2 is 2.15 bits per heavy atom. The third-order valence-corrected chi connectivity index (χ3v) is 5.21. The highest BCUT2D eigenvalue weighted by Gasteiger charge is 2.17. The molecule has 0 fully saturated rings. The predicted molar refractivity (Wildman–Crippen MR) is 97.6 cm³/mol. The summed E-state index contributed by atoms with van der Waals surface area (Å²) < 4.78 is 15.4. The van der Waals surface area contributed by atoms with E-state index in [0.29, 0.717) is 5.13 Å². The van der Waals surface area contributed by atoms with E-state index >= 15 is 0 Å². The number of rotatable bonds is 4. The van der Waals surface area contributed by atoms with E-state index in [-0.39, 0.29) is 5.69 Å². The highest BCUT2D eigenvalue weighted by molar-refractivity contribution is 7.19. The average Bonchev–Trinajstić information content (AvgIpc) is 3.35. The van der Waals surface area contributed by atoms with Gasteiger partial charge in [0, 0.05) is 31.0 Å². The minimum atomic E-state index is -0.679. The highest BCUT2D eigenvalue weighted by atomic mass is 32.1. The largest absolute Gasteiger partial charge is 0.296 e. The maximum absolute atomic E-state index is 13.6. The van der Waals surface area contributed by atoms with Crippen molar-refractivity contribution in [2.45, 2.75) is 0 Å². The van der Waals surface area contributed by atoms with Crippen molar-refractivity contribution in [3.8, 4) is 21.3 Å². The third-order valence-electron chi connectivity index (χ3n) is 3.48. The monoisotopic (exact) mass is 386 g/mol. The van der Waals surface area contributed by atoms with Crippen LogP contribution in [0.3, 0.4) is 0 Å². The maximum Gasteiger partial charge on any atom is 0.279 e. The van der Waals surface area contributed by atoms with Gasteiger partial charge in [-0.25, -0.2) is 19.3 Å². The topological polar surface area (TPSA) is 85.6 Å². The zero-order chi connectivity index (χ0) is 18.1. The second kappa shape index (κ2) is 6.73. The number of nitrogens with one attached hydrogen (secondary N) is 1. The van der Waals surface area contributed by atoms with Crippen molar-refractivity contribution in [3.05, 3.63) is 53.7 Å². The van der Waals surface area contributed by atoms with Gasteiger partial charge in [0.2, 0.25) is 0 Å². The third kappa shape index (κ3) is 3.11. The first-order chi connectivity index (χ1) is 12.6. The SMILES string of the molecule is Cn1nc(-c2nccs2)cc1-c1cnc(NC(=O)c2ncccc2F)s1. The molecule has 0 atom stereocenters. The molecule has 130 valence electrons. The van der Waals surface area contributed by atoms with Gasteiger partial charge >= 0.3 is 0 Å². The smallest absolute Gasteiger partial charge is 0.279 e. The Morgan fingerprint density at radius 1 is 1.27 bits per heavy atom. The Bertz CT molecular complexity index is 1070. The van der Waals surface area contributed by atoms with Gasteiger partial charge in [-0.05, 0) is 18.2 Å². The Hall–Kier alpha value is -2.98. The molecule has 26 heavy (non-hydrogen) atoms. The van der Waals surface area contributed by atoms with Crippen LogP contribution in [0.15, 0.2) is 42.2 Å². The van der Waals surface area contributed by atoms with Crippen LogP contribution in [-0.4, -0.2) is 30.6 Å². The normalized spacial score (nSPS) is 10.8. The van der Waals surface area contributed by atoms with Crippen LogP contribution < -0.4 is 5.32 Å². The fraction of sp³-hybridized carbons (Fsp3) is 0.0625. The summed E-state index contributed by atoms with van der Waals surface area (Å²) in [6, 6.07) is 4.53. The van der Waals surface area contributed by atoms with Crippen molar-refractivity contribution < 1.29 is 9.18 Å². The molecule has 0 saturated heterocycles. The molecule has 0 aliphatic rings. The molecule has 10 heteroatoms. The number of nitrogens with zero attached hydrogens (tertiary/aromatic N) is 5. The fourth-order valence-electron chi connectivity index (χ4n) is 2.31. The highest BCUT2D eigenvalue weighted by Crippen LogP contribution is 2.32. The molecule has 0 bridgehead atoms. The zero-order valence-electron chi connectivity index (χ0n) is 13.4. The molecule has 0 aliphatic carbocycles. The molecule has 4 heterocycles. The number of aromatic nitrogens is 5. The summed E-state index contributed by atoms with van der Waals surface area (Å²) >= 11 is 2.78. The van der Waals surface area contributed by atoms with Gasteiger partial charge in [0.25, 0.3) is 5.91 Å². The van der Waals surface area contributed by atoms with Crippen molar-refractivity contribution in [1.82, 2.24) is 24.7 Å². The van der Waals surface area contributed by atoms with E-state index in [2.05, 4.69) is 25.4 Å². The second-order valence-corrected chi connectivity index (χ2v) is 7.12. The summed E-state index contributed by atoms with van der Waals surface area (Å²) in [6.45, 7) is 0. The van der Waals surface area contributed by atoms with E-state index in [9.17, 15) is 9.18 Å². The lowest BCUT2D eigenvalue weighted by Gasteiger charge is -2.01. The van der Waals surface area contributed by atoms with E-state index in [0.717, 1.165) is 21.3 Å². The van der Waals surface area contributed by atoms with Gasteiger partial charge in [0.05, 0.1) is 10.6 Å². The molecule has 4 rings (SSSR count). The van der Waals surface area contributed by atoms with Crippen LogP contribution in [0.25, 0.3) is 21.3 Å². The first-order valence-corrected chi connectivity index (χ1v) is 9.13. The van der Waals surface area contributed by atoms with Crippen LogP contribution in [-0.2, 0) is 7.05 Å². The summed E-state index contributed by atoms with van der Waals surface area (Å²) in [5.74, 6) is -1.32. The summed E-state index contributed by atoms with van der Waals surface area (Å²) in [4.78, 5) is 25.1. The number of carbonyl (C=O) groups is 1. The van der Waals surface area contributed by atoms with Gasteiger partial charge in [-0.15, -0.1) is 11.3 Å². The molecule has 0 aromatic carbocycles. The molecule has 0 spiro atoms. The molecule has 4 aromatic rings. The first kappa shape index (κ1) is 16.5. The molecular formula is C16H11FN6OS2. The van der Waals surface area contributed by atoms with Gasteiger partial charge in [0.15, 0.2) is 16.6 Å². The van der Waals surface area contributed by atoms with Gasteiger partial charge in [-0.2, -0.15) is 5.10 Å². The predicted octanol–water partition coefficient (Wildman–Crippen LogP) is 3.45. The number of amides is 1. The van der Waals surface area contributed by atoms with Crippen molar-refractivity contribution in [2.24, 2.45) is 7.05 Å². The second-order valence-electron chi connectivity index (χ2n) is 5.19. The first-order valence-electron chi connectivity index (χ1n) is 7.44. The minimum Gasteiger partial charge on any atom is -0.296 e. The van der Waals surface area contributed by atoms with Crippen molar-refractivity contribution in [1.29, 1.82) is 0 Å². The molecular weight excluding hydrogens is 375 g/mol. The van der Waals surface area contributed by atoms with Crippen molar-refractivity contribution >= 4 is 33.7 Å². The Balaban J connectivity index is 1.57. The van der Waals surface area contributed by atoms with Gasteiger partial charge in [0.1, 0.15) is 10.7 Å². The van der Waals surface area contributed by atoms with Gasteiger partial charge in [-0.1, -0.05) is 11.3 Å². The van der Waals surface area contributed by atoms with E-state index < -0.39 is 11.7 Å². The molecule has 0 aliphatic heterocycles. The van der Waals surface area contributed by atoms with E-state index in [1.54, 1.807) is 17.1 Å². The van der Waals surface area contributed by atoms with E-state index in [1.165, 1.54) is 41.0 Å². The van der Waals surface area contributed by atoms with Crippen LogP contribution in [0.1, 0.15) is 10.5 Å². The summed E-state index contributed by atoms with van der Waals surface area (Å²) in [5, 5.41) is 10.1. The quantitative estimate of drug-likeness (QED) is 0.581. The molecule has 0 saturated carbocycles. The van der Waals surface area contributed by atoms with Crippen molar-refractivity contribution in [2.75, 3.05) is 5.32 Å². The molecule has 0 unspecified atom stereocenters. The number of hydrogen-bond acceptors (Lipinski definition) is 7. The summed E-state index contributed by atoms with van der Waals surface area (Å²) in [6.07, 6.45) is 4.73. The number of carbonyl (C=O) groups excluding carboxylic acids is 1. The fourth-order valence-corrected chi connectivity index (χ4v) is 3.76. The van der Waals surface area contributed by atoms with Crippen LogP contribution in [0, 0.1) is 5.82 Å². The van der Waals surface area contributed by atoms with E-state index in [1.807, 2.05) is 18.5 Å². The summed E-state index contributed by atoms with van der Waals surface area (Å²) in [7, 11) is 1.83. The zero-order valence-corrected chi connectivity index (χ0v) is 15.0. The Morgan fingerprint density at radius 3 is 2.92 bits per heavy atom. The minimum absolute atomic E-state index is 0.268. The maximum atomic E-state index is 13.6. The Kier molecular flexibility index (Phi) is 4.27. The van der Waals surface area contributed by atoms with Crippen molar-refractivity contribution in [3.63, 3.8) is 0 Å². The summed E-state index contributed by atoms with van der Waals surface area (Å²) in [5.41, 5.74) is 1.35. The number of anilines is 1. The lowest BCUT2D eigenvalue weighted by Crippen LogP contribution is -2.15. The molecule has 0 radical (unpaired) electrons. The number of halogens is 1. The molecule has 4 aromatic heterocycles. The molecule has 1 amide bonds. The average molecular weight is 386 g/mol. The molecule has 7 nitrogen and oxygen atoms in total. The Labute approximate surface area is 155 Å². The number of hydrogen-bond donors (Lipinski definition) is 1. The number of pyridine rings is 1. The van der Waals surface area contributed by atoms with Crippen LogP contribution >= 0.6 is 22.7 Å². The van der Waals surface area contributed by atoms with Crippen LogP contribution in [0.5, 0.6) is 0 Å².